The van der Waals surface area contributed by atoms with E-state index in [1.54, 1.807) is 4.90 Å². The van der Waals surface area contributed by atoms with E-state index in [4.69, 9.17) is 9.72 Å². The molecule has 0 spiro atoms. The second kappa shape index (κ2) is 9.57. The Kier molecular flexibility index (Phi) is 6.79. The van der Waals surface area contributed by atoms with Crippen LogP contribution in [0, 0.1) is 0 Å². The van der Waals surface area contributed by atoms with Crippen molar-refractivity contribution in [1.29, 1.82) is 0 Å². The van der Waals surface area contributed by atoms with E-state index in [1.807, 2.05) is 31.2 Å². The molecule has 32 heavy (non-hydrogen) atoms. The lowest BCUT2D eigenvalue weighted by atomic mass is 9.97. The molecule has 0 saturated carbocycles. The minimum Gasteiger partial charge on any atom is -0.452 e. The van der Waals surface area contributed by atoms with Gasteiger partial charge in [-0.05, 0) is 50.2 Å². The maximum absolute atomic E-state index is 13.2. The number of hydrogen-bond acceptors (Lipinski definition) is 6. The highest BCUT2D eigenvalue weighted by atomic mass is 32.2. The van der Waals surface area contributed by atoms with Gasteiger partial charge in [0.25, 0.3) is 5.91 Å². The summed E-state index contributed by atoms with van der Waals surface area (Å²) >= 11 is 0. The number of aryl methyl sites for hydroxylation is 1. The smallest absolute Gasteiger partial charge is 0.339 e. The Hall–Kier alpha value is -2.48. The molecular weight excluding hydrogens is 428 g/mol. The Morgan fingerprint density at radius 3 is 2.69 bits per heavy atom. The molecule has 1 amide bonds. The van der Waals surface area contributed by atoms with Gasteiger partial charge in [0.15, 0.2) is 16.4 Å². The molecule has 0 bridgehead atoms. The average Bonchev–Trinajstić information content (AvgIpc) is 2.98. The van der Waals surface area contributed by atoms with Crippen LogP contribution >= 0.6 is 0 Å². The molecule has 0 N–H and O–H groups in total. The summed E-state index contributed by atoms with van der Waals surface area (Å²) in [6.07, 6.45) is 5.88. The van der Waals surface area contributed by atoms with Gasteiger partial charge >= 0.3 is 5.97 Å². The van der Waals surface area contributed by atoms with Crippen molar-refractivity contribution < 1.29 is 22.7 Å². The lowest BCUT2D eigenvalue weighted by Gasteiger charge is -2.27. The van der Waals surface area contributed by atoms with E-state index >= 15 is 0 Å². The third-order valence-electron chi connectivity index (χ3n) is 6.38. The van der Waals surface area contributed by atoms with Crippen LogP contribution in [0.2, 0.25) is 0 Å². The van der Waals surface area contributed by atoms with Gasteiger partial charge in [-0.25, -0.2) is 13.2 Å². The van der Waals surface area contributed by atoms with Crippen molar-refractivity contribution in [3.05, 3.63) is 41.1 Å². The molecular formula is C24H30N2O5S. The number of para-hydroxylation sites is 1. The molecule has 4 rings (SSSR count). The van der Waals surface area contributed by atoms with Crippen LogP contribution in [0.25, 0.3) is 10.9 Å². The first-order valence-corrected chi connectivity index (χ1v) is 13.3. The third-order valence-corrected chi connectivity index (χ3v) is 8.13. The number of ether oxygens (including phenoxy) is 1. The molecule has 0 unspecified atom stereocenters. The predicted octanol–water partition coefficient (Wildman–Crippen LogP) is 3.09. The van der Waals surface area contributed by atoms with Gasteiger partial charge in [-0.1, -0.05) is 31.5 Å². The number of carbonyl (C=O) groups excluding carboxylic acids is 2. The SMILES string of the molecule is CCCN(C(=O)COC(=O)c1c2c(nc3ccccc13)CCCCC2)[C@H]1CCS(=O)(=O)C1. The molecule has 7 nitrogen and oxygen atoms in total. The largest absolute Gasteiger partial charge is 0.452 e. The van der Waals surface area contributed by atoms with Crippen LogP contribution in [0.15, 0.2) is 24.3 Å². The minimum atomic E-state index is -3.11. The maximum Gasteiger partial charge on any atom is 0.339 e. The van der Waals surface area contributed by atoms with Gasteiger partial charge in [0.2, 0.25) is 0 Å². The molecule has 1 saturated heterocycles. The third kappa shape index (κ3) is 4.80. The number of esters is 1. The Bertz CT molecular complexity index is 1130. The molecule has 1 aromatic heterocycles. The highest BCUT2D eigenvalue weighted by Crippen LogP contribution is 2.29. The Morgan fingerprint density at radius 2 is 1.94 bits per heavy atom. The molecule has 1 fully saturated rings. The second-order valence-electron chi connectivity index (χ2n) is 8.71. The van der Waals surface area contributed by atoms with Crippen molar-refractivity contribution in [3.63, 3.8) is 0 Å². The molecule has 1 aliphatic carbocycles. The molecule has 1 aromatic carbocycles. The standard InChI is InChI=1S/C24H30N2O5S/c1-2-13-26(17-12-14-32(29,30)16-17)22(27)15-31-24(28)23-18-8-4-3-5-10-20(18)25-21-11-7-6-9-19(21)23/h6-7,9,11,17H,2-5,8,10,12-16H2,1H3/t17-/m0/s1. The minimum absolute atomic E-state index is 0.0187. The normalized spacial score (nSPS) is 19.8. The first-order chi connectivity index (χ1) is 15.4. The van der Waals surface area contributed by atoms with Gasteiger partial charge in [-0.15, -0.1) is 0 Å². The number of pyridine rings is 1. The van der Waals surface area contributed by atoms with E-state index in [-0.39, 0.29) is 30.1 Å². The van der Waals surface area contributed by atoms with E-state index in [1.165, 1.54) is 0 Å². The average molecular weight is 459 g/mol. The number of hydrogen-bond donors (Lipinski definition) is 0. The number of nitrogens with zero attached hydrogens (tertiary/aromatic N) is 2. The van der Waals surface area contributed by atoms with Gasteiger partial charge in [-0.3, -0.25) is 9.78 Å². The highest BCUT2D eigenvalue weighted by molar-refractivity contribution is 7.91. The van der Waals surface area contributed by atoms with E-state index in [2.05, 4.69) is 0 Å². The van der Waals surface area contributed by atoms with E-state index < -0.39 is 15.8 Å². The van der Waals surface area contributed by atoms with Crippen molar-refractivity contribution in [2.24, 2.45) is 0 Å². The van der Waals surface area contributed by atoms with Crippen LogP contribution in [0.3, 0.4) is 0 Å². The number of carbonyl (C=O) groups is 2. The van der Waals surface area contributed by atoms with Crippen molar-refractivity contribution in [2.45, 2.75) is 57.9 Å². The van der Waals surface area contributed by atoms with Crippen molar-refractivity contribution in [3.8, 4) is 0 Å². The fourth-order valence-corrected chi connectivity index (χ4v) is 6.57. The summed E-state index contributed by atoms with van der Waals surface area (Å²) in [6.45, 7) is 2.00. The molecule has 2 aliphatic rings. The fraction of sp³-hybridized carbons (Fsp3) is 0.542. The van der Waals surface area contributed by atoms with Gasteiger partial charge < -0.3 is 9.64 Å². The number of rotatable bonds is 6. The summed E-state index contributed by atoms with van der Waals surface area (Å²) < 4.78 is 29.3. The monoisotopic (exact) mass is 458 g/mol. The molecule has 8 heteroatoms. The number of amides is 1. The summed E-state index contributed by atoms with van der Waals surface area (Å²) in [6, 6.07) is 7.20. The Labute approximate surface area is 189 Å². The molecule has 1 atom stereocenters. The van der Waals surface area contributed by atoms with Crippen LogP contribution in [-0.2, 0) is 32.2 Å². The van der Waals surface area contributed by atoms with E-state index in [9.17, 15) is 18.0 Å². The zero-order chi connectivity index (χ0) is 22.7. The summed E-state index contributed by atoms with van der Waals surface area (Å²) in [5, 5.41) is 0.748. The highest BCUT2D eigenvalue weighted by Gasteiger charge is 2.34. The fourth-order valence-electron chi connectivity index (χ4n) is 4.84. The van der Waals surface area contributed by atoms with Crippen molar-refractivity contribution in [1.82, 2.24) is 9.88 Å². The van der Waals surface area contributed by atoms with Gasteiger partial charge in [0.05, 0.1) is 22.6 Å². The zero-order valence-corrected chi connectivity index (χ0v) is 19.3. The van der Waals surface area contributed by atoms with Gasteiger partial charge in [0.1, 0.15) is 0 Å². The van der Waals surface area contributed by atoms with Gasteiger partial charge in [0, 0.05) is 23.7 Å². The molecule has 0 radical (unpaired) electrons. The van der Waals surface area contributed by atoms with Crippen LogP contribution in [0.1, 0.15) is 60.6 Å². The van der Waals surface area contributed by atoms with Crippen LogP contribution in [-0.4, -0.2) is 60.9 Å². The van der Waals surface area contributed by atoms with Crippen LogP contribution in [0.4, 0.5) is 0 Å². The zero-order valence-electron chi connectivity index (χ0n) is 18.5. The van der Waals surface area contributed by atoms with Crippen molar-refractivity contribution in [2.75, 3.05) is 24.7 Å². The molecule has 2 aromatic rings. The van der Waals surface area contributed by atoms with Crippen LogP contribution < -0.4 is 0 Å². The maximum atomic E-state index is 13.2. The first kappa shape index (κ1) is 22.7. The topological polar surface area (TPSA) is 93.6 Å². The lowest BCUT2D eigenvalue weighted by Crippen LogP contribution is -2.43. The lowest BCUT2D eigenvalue weighted by molar-refractivity contribution is -0.136. The molecule has 1 aliphatic heterocycles. The first-order valence-electron chi connectivity index (χ1n) is 11.5. The Morgan fingerprint density at radius 1 is 1.16 bits per heavy atom. The number of benzene rings is 1. The summed E-state index contributed by atoms with van der Waals surface area (Å²) in [5.41, 5.74) is 3.16. The second-order valence-corrected chi connectivity index (χ2v) is 10.9. The van der Waals surface area contributed by atoms with Crippen molar-refractivity contribution >= 4 is 32.6 Å². The summed E-state index contributed by atoms with van der Waals surface area (Å²) in [5.74, 6) is -0.771. The van der Waals surface area contributed by atoms with Crippen LogP contribution in [0.5, 0.6) is 0 Å². The number of fused-ring (bicyclic) bond motifs is 2. The molecule has 2 heterocycles. The quantitative estimate of drug-likeness (QED) is 0.488. The van der Waals surface area contributed by atoms with E-state index in [0.717, 1.165) is 54.3 Å². The van der Waals surface area contributed by atoms with E-state index in [0.29, 0.717) is 24.9 Å². The van der Waals surface area contributed by atoms with Gasteiger partial charge in [-0.2, -0.15) is 0 Å². The molecule has 172 valence electrons. The number of aromatic nitrogens is 1. The summed E-state index contributed by atoms with van der Waals surface area (Å²) in [7, 11) is -3.11. The number of sulfone groups is 1. The summed E-state index contributed by atoms with van der Waals surface area (Å²) in [4.78, 5) is 32.5. The Balaban J connectivity index is 1.56. The predicted molar refractivity (Wildman–Crippen MR) is 122 cm³/mol.